The lowest BCUT2D eigenvalue weighted by Crippen LogP contribution is -2.31. The third kappa shape index (κ3) is 4.28. The number of hydrogen-bond donors (Lipinski definition) is 1. The summed E-state index contributed by atoms with van der Waals surface area (Å²) in [5.74, 6) is -1.09. The fourth-order valence-electron chi connectivity index (χ4n) is 2.52. The average Bonchev–Trinajstić information content (AvgIpc) is 2.96. The van der Waals surface area contributed by atoms with Gasteiger partial charge in [0.05, 0.1) is 5.69 Å². The van der Waals surface area contributed by atoms with Gasteiger partial charge < -0.3 is 9.88 Å². The van der Waals surface area contributed by atoms with Crippen molar-refractivity contribution in [2.24, 2.45) is 0 Å². The van der Waals surface area contributed by atoms with Gasteiger partial charge in [-0.2, -0.15) is 13.2 Å². The highest BCUT2D eigenvalue weighted by molar-refractivity contribution is 7.16. The summed E-state index contributed by atoms with van der Waals surface area (Å²) in [6.45, 7) is 1.18. The van der Waals surface area contributed by atoms with Gasteiger partial charge in [-0.3, -0.25) is 9.59 Å². The molecule has 0 unspecified atom stereocenters. The van der Waals surface area contributed by atoms with Crippen LogP contribution in [0, 0.1) is 12.7 Å². The summed E-state index contributed by atoms with van der Waals surface area (Å²) in [6, 6.07) is 7.38. The summed E-state index contributed by atoms with van der Waals surface area (Å²) in [5.41, 5.74) is -1.43. The van der Waals surface area contributed by atoms with Gasteiger partial charge in [-0.15, -0.1) is 11.3 Å². The number of aryl methyl sites for hydroxylation is 1. The monoisotopic (exact) mass is 411 g/mol. The predicted molar refractivity (Wildman–Crippen MR) is 96.6 cm³/mol. The van der Waals surface area contributed by atoms with E-state index < -0.39 is 35.6 Å². The maximum Gasteiger partial charge on any atom is 0.421 e. The highest BCUT2D eigenvalue weighted by atomic mass is 32.1. The standard InChI is InChI=1S/C18H13F4N3O2S/c1-10-15(11-4-6-12(19)7-5-11)24-17(28-10)23-14(26)9-25-8-2-3-13(16(25)27)18(20,21)22/h2-8H,9H2,1H3,(H,23,24,26). The zero-order valence-corrected chi connectivity index (χ0v) is 15.2. The second-order valence-corrected chi connectivity index (χ2v) is 7.03. The van der Waals surface area contributed by atoms with Crippen molar-refractivity contribution in [1.29, 1.82) is 0 Å². The fourth-order valence-corrected chi connectivity index (χ4v) is 3.37. The van der Waals surface area contributed by atoms with E-state index in [9.17, 15) is 27.2 Å². The number of aromatic nitrogens is 2. The second-order valence-electron chi connectivity index (χ2n) is 5.83. The number of rotatable bonds is 4. The molecule has 3 rings (SSSR count). The molecule has 1 amide bonds. The molecule has 0 spiro atoms. The van der Waals surface area contributed by atoms with E-state index in [0.29, 0.717) is 21.9 Å². The molecule has 0 aliphatic heterocycles. The van der Waals surface area contributed by atoms with Crippen molar-refractivity contribution < 1.29 is 22.4 Å². The molecular formula is C18H13F4N3O2S. The first-order valence-electron chi connectivity index (χ1n) is 7.95. The van der Waals surface area contributed by atoms with Crippen molar-refractivity contribution in [2.75, 3.05) is 5.32 Å². The number of thiazole rings is 1. The van der Waals surface area contributed by atoms with Gasteiger partial charge >= 0.3 is 6.18 Å². The molecule has 1 aromatic carbocycles. The molecule has 0 bridgehead atoms. The van der Waals surface area contributed by atoms with E-state index in [0.717, 1.165) is 28.5 Å². The molecule has 146 valence electrons. The van der Waals surface area contributed by atoms with E-state index in [2.05, 4.69) is 10.3 Å². The first-order chi connectivity index (χ1) is 13.1. The van der Waals surface area contributed by atoms with Crippen LogP contribution < -0.4 is 10.9 Å². The Morgan fingerprint density at radius 2 is 1.89 bits per heavy atom. The average molecular weight is 411 g/mol. The Bertz CT molecular complexity index is 1070. The smallest absolute Gasteiger partial charge is 0.306 e. The first kappa shape index (κ1) is 19.7. The number of nitrogens with zero attached hydrogens (tertiary/aromatic N) is 2. The fraction of sp³-hybridized carbons (Fsp3) is 0.167. The number of alkyl halides is 3. The Balaban J connectivity index is 1.77. The maximum atomic E-state index is 13.0. The van der Waals surface area contributed by atoms with Crippen LogP contribution in [0.4, 0.5) is 22.7 Å². The van der Waals surface area contributed by atoms with Crippen LogP contribution in [-0.4, -0.2) is 15.5 Å². The third-order valence-corrected chi connectivity index (χ3v) is 4.69. The Kier molecular flexibility index (Phi) is 5.32. The minimum atomic E-state index is -4.80. The van der Waals surface area contributed by atoms with Crippen molar-refractivity contribution in [3.05, 3.63) is 69.2 Å². The van der Waals surface area contributed by atoms with Crippen LogP contribution >= 0.6 is 11.3 Å². The number of nitrogens with one attached hydrogen (secondary N) is 1. The predicted octanol–water partition coefficient (Wildman–Crippen LogP) is 4.08. The number of halogens is 4. The second kappa shape index (κ2) is 7.55. The zero-order chi connectivity index (χ0) is 20.5. The van der Waals surface area contributed by atoms with Crippen LogP contribution in [0.3, 0.4) is 0 Å². The van der Waals surface area contributed by atoms with Gasteiger partial charge in [0.2, 0.25) is 5.91 Å². The van der Waals surface area contributed by atoms with Gasteiger partial charge in [0.25, 0.3) is 5.56 Å². The molecule has 0 aliphatic rings. The van der Waals surface area contributed by atoms with Gasteiger partial charge in [0.1, 0.15) is 17.9 Å². The van der Waals surface area contributed by atoms with Crippen molar-refractivity contribution >= 4 is 22.4 Å². The molecule has 28 heavy (non-hydrogen) atoms. The van der Waals surface area contributed by atoms with E-state index in [1.54, 1.807) is 19.1 Å². The topological polar surface area (TPSA) is 64.0 Å². The van der Waals surface area contributed by atoms with E-state index >= 15 is 0 Å². The Morgan fingerprint density at radius 3 is 2.54 bits per heavy atom. The van der Waals surface area contributed by atoms with Crippen LogP contribution in [0.5, 0.6) is 0 Å². The summed E-state index contributed by atoms with van der Waals surface area (Å²) in [4.78, 5) is 29.1. The molecule has 0 saturated carbocycles. The Morgan fingerprint density at radius 1 is 1.21 bits per heavy atom. The SMILES string of the molecule is Cc1sc(NC(=O)Cn2cccc(C(F)(F)F)c2=O)nc1-c1ccc(F)cc1. The molecule has 10 heteroatoms. The Labute approximate surface area is 160 Å². The van der Waals surface area contributed by atoms with Crippen molar-refractivity contribution in [1.82, 2.24) is 9.55 Å². The number of hydrogen-bond acceptors (Lipinski definition) is 4. The van der Waals surface area contributed by atoms with E-state index in [4.69, 9.17) is 0 Å². The van der Waals surface area contributed by atoms with Gasteiger partial charge in [0.15, 0.2) is 5.13 Å². The first-order valence-corrected chi connectivity index (χ1v) is 8.76. The largest absolute Gasteiger partial charge is 0.421 e. The molecule has 0 atom stereocenters. The number of carbonyl (C=O) groups is 1. The van der Waals surface area contributed by atoms with Crippen LogP contribution in [0.1, 0.15) is 10.4 Å². The highest BCUT2D eigenvalue weighted by Crippen LogP contribution is 2.30. The summed E-state index contributed by atoms with van der Waals surface area (Å²) in [6.07, 6.45) is -3.69. The number of anilines is 1. The maximum absolute atomic E-state index is 13.0. The summed E-state index contributed by atoms with van der Waals surface area (Å²) in [7, 11) is 0. The van der Waals surface area contributed by atoms with Crippen molar-refractivity contribution in [2.45, 2.75) is 19.6 Å². The Hall–Kier alpha value is -3.01. The summed E-state index contributed by atoms with van der Waals surface area (Å²) >= 11 is 1.16. The number of amides is 1. The molecule has 1 N–H and O–H groups in total. The summed E-state index contributed by atoms with van der Waals surface area (Å²) < 4.78 is 52.1. The van der Waals surface area contributed by atoms with E-state index in [1.165, 1.54) is 12.1 Å². The lowest BCUT2D eigenvalue weighted by Gasteiger charge is -2.09. The lowest BCUT2D eigenvalue weighted by molar-refractivity contribution is -0.139. The normalized spacial score (nSPS) is 11.5. The molecule has 5 nitrogen and oxygen atoms in total. The van der Waals surface area contributed by atoms with Crippen LogP contribution in [0.25, 0.3) is 11.3 Å². The van der Waals surface area contributed by atoms with Crippen molar-refractivity contribution in [3.63, 3.8) is 0 Å². The molecule has 2 aromatic heterocycles. The molecular weight excluding hydrogens is 398 g/mol. The molecule has 0 radical (unpaired) electrons. The lowest BCUT2D eigenvalue weighted by atomic mass is 10.1. The number of benzene rings is 1. The molecule has 0 aliphatic carbocycles. The van der Waals surface area contributed by atoms with Gasteiger partial charge in [-0.1, -0.05) is 0 Å². The molecule has 0 saturated heterocycles. The number of carbonyl (C=O) groups excluding carboxylic acids is 1. The van der Waals surface area contributed by atoms with Crippen LogP contribution in [-0.2, 0) is 17.5 Å². The van der Waals surface area contributed by atoms with Crippen LogP contribution in [0.2, 0.25) is 0 Å². The van der Waals surface area contributed by atoms with Gasteiger partial charge in [0, 0.05) is 16.6 Å². The third-order valence-electron chi connectivity index (χ3n) is 3.80. The van der Waals surface area contributed by atoms with E-state index in [1.807, 2.05) is 0 Å². The van der Waals surface area contributed by atoms with Crippen LogP contribution in [0.15, 0.2) is 47.4 Å². The van der Waals surface area contributed by atoms with E-state index in [-0.39, 0.29) is 5.13 Å². The molecule has 2 heterocycles. The highest BCUT2D eigenvalue weighted by Gasteiger charge is 2.34. The zero-order valence-electron chi connectivity index (χ0n) is 14.4. The van der Waals surface area contributed by atoms with Gasteiger partial charge in [-0.05, 0) is 43.3 Å². The van der Waals surface area contributed by atoms with Gasteiger partial charge in [-0.25, -0.2) is 9.37 Å². The summed E-state index contributed by atoms with van der Waals surface area (Å²) in [5, 5.41) is 2.70. The quantitative estimate of drug-likeness (QED) is 0.658. The minimum absolute atomic E-state index is 0.224. The molecule has 3 aromatic rings. The van der Waals surface area contributed by atoms with Crippen molar-refractivity contribution in [3.8, 4) is 11.3 Å². The minimum Gasteiger partial charge on any atom is -0.306 e. The molecule has 0 fully saturated rings. The number of pyridine rings is 1.